The molecule has 0 saturated heterocycles. The average molecular weight is 205 g/mol. The molecule has 0 saturated carbocycles. The number of nitro groups is 1. The number of non-ortho nitro benzene ring substituents is 1. The summed E-state index contributed by atoms with van der Waals surface area (Å²) >= 11 is 0. The first-order valence-electron chi connectivity index (χ1n) is 4.36. The van der Waals surface area contributed by atoms with Crippen LogP contribution in [-0.2, 0) is 0 Å². The molecule has 0 radical (unpaired) electrons. The maximum Gasteiger partial charge on any atom is 0.345 e. The minimum Gasteiger partial charge on any atom is -0.274 e. The lowest BCUT2D eigenvalue weighted by molar-refractivity contribution is -0.865. The van der Waals surface area contributed by atoms with Crippen LogP contribution in [0.25, 0.3) is 10.9 Å². The fourth-order valence-corrected chi connectivity index (χ4v) is 1.52. The SMILES string of the molecule is CO[n+]1cccc2cccc([N+](=O)[O-])c21. The Morgan fingerprint density at radius 1 is 1.33 bits per heavy atom. The van der Waals surface area contributed by atoms with Crippen LogP contribution in [0.3, 0.4) is 0 Å². The van der Waals surface area contributed by atoms with Crippen molar-refractivity contribution >= 4 is 16.6 Å². The fraction of sp³-hybridized carbons (Fsp3) is 0.100. The van der Waals surface area contributed by atoms with Gasteiger partial charge in [-0.15, -0.1) is 0 Å². The van der Waals surface area contributed by atoms with Crippen molar-refractivity contribution in [3.8, 4) is 0 Å². The molecule has 0 bridgehead atoms. The van der Waals surface area contributed by atoms with E-state index in [0.29, 0.717) is 5.52 Å². The number of para-hydroxylation sites is 1. The first kappa shape index (κ1) is 9.39. The summed E-state index contributed by atoms with van der Waals surface area (Å²) in [6, 6.07) is 8.49. The van der Waals surface area contributed by atoms with E-state index in [2.05, 4.69) is 0 Å². The monoisotopic (exact) mass is 205 g/mol. The first-order chi connectivity index (χ1) is 7.24. The third kappa shape index (κ3) is 1.48. The van der Waals surface area contributed by atoms with Gasteiger partial charge in [0.2, 0.25) is 6.20 Å². The molecule has 5 nitrogen and oxygen atoms in total. The molecule has 2 aromatic rings. The highest BCUT2D eigenvalue weighted by Gasteiger charge is 2.22. The minimum atomic E-state index is -0.419. The maximum absolute atomic E-state index is 10.8. The first-order valence-corrected chi connectivity index (χ1v) is 4.36. The van der Waals surface area contributed by atoms with Crippen LogP contribution in [0.2, 0.25) is 0 Å². The van der Waals surface area contributed by atoms with Crippen molar-refractivity contribution < 1.29 is 14.5 Å². The summed E-state index contributed by atoms with van der Waals surface area (Å²) in [5, 5.41) is 11.6. The molecular weight excluding hydrogens is 196 g/mol. The van der Waals surface area contributed by atoms with Crippen molar-refractivity contribution in [1.29, 1.82) is 0 Å². The highest BCUT2D eigenvalue weighted by atomic mass is 16.6. The second-order valence-corrected chi connectivity index (χ2v) is 2.99. The average Bonchev–Trinajstić information content (AvgIpc) is 2.27. The third-order valence-electron chi connectivity index (χ3n) is 2.16. The Kier molecular flexibility index (Phi) is 2.21. The van der Waals surface area contributed by atoms with Gasteiger partial charge in [-0.25, -0.2) is 0 Å². The number of fused-ring (bicyclic) bond motifs is 1. The van der Waals surface area contributed by atoms with Gasteiger partial charge < -0.3 is 0 Å². The topological polar surface area (TPSA) is 56.2 Å². The lowest BCUT2D eigenvalue weighted by atomic mass is 10.2. The predicted octanol–water partition coefficient (Wildman–Crippen LogP) is 1.09. The lowest BCUT2D eigenvalue weighted by Gasteiger charge is -1.97. The zero-order chi connectivity index (χ0) is 10.8. The van der Waals surface area contributed by atoms with Crippen molar-refractivity contribution in [3.05, 3.63) is 46.6 Å². The molecule has 0 atom stereocenters. The number of hydrogen-bond acceptors (Lipinski definition) is 3. The van der Waals surface area contributed by atoms with E-state index in [0.717, 1.165) is 5.39 Å². The van der Waals surface area contributed by atoms with E-state index in [1.807, 2.05) is 0 Å². The second kappa shape index (κ2) is 3.53. The molecule has 0 aliphatic heterocycles. The van der Waals surface area contributed by atoms with Crippen molar-refractivity contribution in [2.45, 2.75) is 0 Å². The van der Waals surface area contributed by atoms with E-state index in [-0.39, 0.29) is 5.69 Å². The Labute approximate surface area is 85.6 Å². The van der Waals surface area contributed by atoms with E-state index >= 15 is 0 Å². The highest BCUT2D eigenvalue weighted by Crippen LogP contribution is 2.20. The largest absolute Gasteiger partial charge is 0.345 e. The summed E-state index contributed by atoms with van der Waals surface area (Å²) in [6.45, 7) is 0. The Bertz CT molecular complexity index is 520. The number of nitro benzene ring substituents is 1. The molecule has 0 N–H and O–H groups in total. The van der Waals surface area contributed by atoms with Gasteiger partial charge in [0.1, 0.15) is 7.11 Å². The molecular formula is C10H9N2O3+. The molecule has 0 fully saturated rings. The Balaban J connectivity index is 2.87. The quantitative estimate of drug-likeness (QED) is 0.419. The highest BCUT2D eigenvalue weighted by molar-refractivity contribution is 5.83. The van der Waals surface area contributed by atoms with Gasteiger partial charge in [0.25, 0.3) is 0 Å². The number of pyridine rings is 1. The molecule has 0 aliphatic rings. The Morgan fingerprint density at radius 3 is 2.73 bits per heavy atom. The summed E-state index contributed by atoms with van der Waals surface area (Å²) in [5.41, 5.74) is 0.502. The number of benzene rings is 1. The molecule has 0 spiro atoms. The summed E-state index contributed by atoms with van der Waals surface area (Å²) in [7, 11) is 1.47. The van der Waals surface area contributed by atoms with Crippen molar-refractivity contribution in [2.24, 2.45) is 0 Å². The van der Waals surface area contributed by atoms with Crippen LogP contribution in [-0.4, -0.2) is 12.0 Å². The molecule has 1 aromatic carbocycles. The van der Waals surface area contributed by atoms with Gasteiger partial charge in [-0.2, -0.15) is 0 Å². The van der Waals surface area contributed by atoms with Crippen LogP contribution in [0.1, 0.15) is 0 Å². The van der Waals surface area contributed by atoms with Crippen LogP contribution < -0.4 is 9.57 Å². The van der Waals surface area contributed by atoms with Crippen molar-refractivity contribution in [3.63, 3.8) is 0 Å². The van der Waals surface area contributed by atoms with Gasteiger partial charge >= 0.3 is 11.2 Å². The Hall–Kier alpha value is -2.17. The molecule has 5 heteroatoms. The number of nitrogens with zero attached hydrogens (tertiary/aromatic N) is 2. The summed E-state index contributed by atoms with van der Waals surface area (Å²) in [4.78, 5) is 15.4. The van der Waals surface area contributed by atoms with E-state index in [1.165, 1.54) is 17.9 Å². The predicted molar refractivity (Wildman–Crippen MR) is 53.3 cm³/mol. The Morgan fingerprint density at radius 2 is 2.07 bits per heavy atom. The number of hydrogen-bond donors (Lipinski definition) is 0. The second-order valence-electron chi connectivity index (χ2n) is 2.99. The van der Waals surface area contributed by atoms with Crippen molar-refractivity contribution in [1.82, 2.24) is 0 Å². The summed E-state index contributed by atoms with van der Waals surface area (Å²) in [5.74, 6) is 0. The molecule has 15 heavy (non-hydrogen) atoms. The lowest BCUT2D eigenvalue weighted by Crippen LogP contribution is -2.40. The van der Waals surface area contributed by atoms with E-state index in [4.69, 9.17) is 4.84 Å². The standard InChI is InChI=1S/C10H9N2O3/c1-15-11-7-3-5-8-4-2-6-9(10(8)11)12(13)14/h2-7H,1H3/q+1. The number of aromatic nitrogens is 1. The molecule has 76 valence electrons. The zero-order valence-corrected chi connectivity index (χ0v) is 8.08. The van der Waals surface area contributed by atoms with Crippen LogP contribution in [0.15, 0.2) is 36.5 Å². The molecule has 0 amide bonds. The third-order valence-corrected chi connectivity index (χ3v) is 2.16. The van der Waals surface area contributed by atoms with Gasteiger partial charge in [0.05, 0.1) is 10.3 Å². The minimum absolute atomic E-state index is 0.0370. The summed E-state index contributed by atoms with van der Waals surface area (Å²) < 4.78 is 1.38. The van der Waals surface area contributed by atoms with Crippen LogP contribution in [0.5, 0.6) is 0 Å². The number of rotatable bonds is 2. The fourth-order valence-electron chi connectivity index (χ4n) is 1.52. The molecule has 1 heterocycles. The van der Waals surface area contributed by atoms with E-state index in [1.54, 1.807) is 30.5 Å². The van der Waals surface area contributed by atoms with Gasteiger partial charge in [0.15, 0.2) is 0 Å². The smallest absolute Gasteiger partial charge is 0.274 e. The van der Waals surface area contributed by atoms with Gasteiger partial charge in [-0.05, 0) is 12.1 Å². The molecule has 0 unspecified atom stereocenters. The van der Waals surface area contributed by atoms with E-state index < -0.39 is 4.92 Å². The molecule has 2 rings (SSSR count). The summed E-state index contributed by atoms with van der Waals surface area (Å²) in [6.07, 6.45) is 1.63. The van der Waals surface area contributed by atoms with E-state index in [9.17, 15) is 10.1 Å². The zero-order valence-electron chi connectivity index (χ0n) is 8.08. The molecule has 0 aliphatic carbocycles. The van der Waals surface area contributed by atoms with Crippen LogP contribution in [0, 0.1) is 10.1 Å². The van der Waals surface area contributed by atoms with Crippen LogP contribution >= 0.6 is 0 Å². The van der Waals surface area contributed by atoms with Gasteiger partial charge in [0, 0.05) is 16.9 Å². The van der Waals surface area contributed by atoms with Gasteiger partial charge in [-0.1, -0.05) is 6.07 Å². The van der Waals surface area contributed by atoms with Gasteiger partial charge in [-0.3, -0.25) is 15.0 Å². The van der Waals surface area contributed by atoms with Crippen LogP contribution in [0.4, 0.5) is 5.69 Å². The van der Waals surface area contributed by atoms with Crippen molar-refractivity contribution in [2.75, 3.05) is 7.11 Å². The maximum atomic E-state index is 10.8. The normalized spacial score (nSPS) is 10.2. The molecule has 1 aromatic heterocycles.